The van der Waals surface area contributed by atoms with Gasteiger partial charge in [0.25, 0.3) is 5.91 Å². The van der Waals surface area contributed by atoms with E-state index in [2.05, 4.69) is 25.8 Å². The highest BCUT2D eigenvalue weighted by Gasteiger charge is 2.51. The van der Waals surface area contributed by atoms with Crippen molar-refractivity contribution in [3.8, 4) is 5.75 Å². The predicted octanol–water partition coefficient (Wildman–Crippen LogP) is 7.30. The molecule has 1 aromatic carbocycles. The lowest BCUT2D eigenvalue weighted by Gasteiger charge is -2.39. The number of likely N-dealkylation sites (tertiary alicyclic amines) is 1. The second-order valence-corrected chi connectivity index (χ2v) is 10.9. The van der Waals surface area contributed by atoms with Crippen molar-refractivity contribution in [3.05, 3.63) is 56.8 Å². The molecule has 4 nitrogen and oxygen atoms in total. The Morgan fingerprint density at radius 1 is 1.16 bits per heavy atom. The van der Waals surface area contributed by atoms with Crippen LogP contribution in [0, 0.1) is 10.8 Å². The Morgan fingerprint density at radius 2 is 1.84 bits per heavy atom. The topological polar surface area (TPSA) is 42.4 Å². The molecule has 1 amide bonds. The fourth-order valence-corrected chi connectivity index (χ4v) is 6.26. The first kappa shape index (κ1) is 24.2. The van der Waals surface area contributed by atoms with Gasteiger partial charge in [-0.2, -0.15) is 0 Å². The maximum absolute atomic E-state index is 13.3. The number of ether oxygens (including phenoxy) is 1. The van der Waals surface area contributed by atoms with Crippen LogP contribution < -0.4 is 4.74 Å². The average molecular weight is 484 g/mol. The molecule has 2 fully saturated rings. The van der Waals surface area contributed by atoms with Gasteiger partial charge < -0.3 is 9.64 Å². The molecule has 1 saturated heterocycles. The summed E-state index contributed by atoms with van der Waals surface area (Å²) in [5.41, 5.74) is 1.52. The van der Waals surface area contributed by atoms with E-state index in [9.17, 15) is 4.79 Å². The summed E-state index contributed by atoms with van der Waals surface area (Å²) in [6.07, 6.45) is 3.24. The van der Waals surface area contributed by atoms with Crippen LogP contribution in [0.15, 0.2) is 30.3 Å². The summed E-state index contributed by atoms with van der Waals surface area (Å²) in [4.78, 5) is 19.9. The molecule has 1 aliphatic heterocycles. The Kier molecular flexibility index (Phi) is 6.86. The maximum atomic E-state index is 13.3. The first-order chi connectivity index (χ1) is 14.1. The van der Waals surface area contributed by atoms with Crippen molar-refractivity contribution in [2.75, 3.05) is 6.54 Å². The lowest BCUT2D eigenvalue weighted by molar-refractivity contribution is 0.0702. The van der Waals surface area contributed by atoms with Crippen molar-refractivity contribution in [2.24, 2.45) is 10.8 Å². The zero-order valence-electron chi connectivity index (χ0n) is 17.3. The van der Waals surface area contributed by atoms with Gasteiger partial charge in [-0.1, -0.05) is 69.1 Å². The molecule has 0 radical (unpaired) electrons. The minimum absolute atomic E-state index is 0. The fourth-order valence-electron chi connectivity index (χ4n) is 5.34. The lowest BCUT2D eigenvalue weighted by atomic mass is 9.65. The Bertz CT molecular complexity index is 972. The number of carbonyl (C=O) groups excluding carboxylic acids is 1. The number of rotatable bonds is 4. The van der Waals surface area contributed by atoms with Crippen molar-refractivity contribution in [1.29, 1.82) is 0 Å². The van der Waals surface area contributed by atoms with E-state index in [0.29, 0.717) is 32.2 Å². The molecule has 0 spiro atoms. The van der Waals surface area contributed by atoms with Crippen LogP contribution in [0.5, 0.6) is 5.75 Å². The molecular weight excluding hydrogens is 455 g/mol. The molecule has 2 bridgehead atoms. The molecule has 2 aromatic rings. The Labute approximate surface area is 199 Å². The van der Waals surface area contributed by atoms with E-state index < -0.39 is 0 Å². The fraction of sp³-hybridized carbons (Fsp3) is 0.500. The van der Waals surface area contributed by atoms with Gasteiger partial charge in [0.1, 0.15) is 12.3 Å². The number of aromatic nitrogens is 1. The molecule has 1 saturated carbocycles. The number of nitrogens with zero attached hydrogens (tertiary/aromatic N) is 2. The van der Waals surface area contributed by atoms with Crippen LogP contribution in [0.2, 0.25) is 15.1 Å². The molecule has 1 aliphatic carbocycles. The van der Waals surface area contributed by atoms with Crippen molar-refractivity contribution in [1.82, 2.24) is 9.88 Å². The molecule has 0 N–H and O–H groups in total. The Balaban J connectivity index is 0.00000272. The first-order valence-electron chi connectivity index (χ1n) is 10.1. The summed E-state index contributed by atoms with van der Waals surface area (Å²) in [5.74, 6) is 0.343. The number of carbonyl (C=O) groups is 1. The van der Waals surface area contributed by atoms with Crippen LogP contribution in [-0.4, -0.2) is 28.4 Å². The SMILES string of the molecule is C.CC1(C)C[C@@H]2C[C@@](C)(CN2C(=O)c2cccc(COc3c(Cl)cc(Cl)cc3Cl)n2)C1. The summed E-state index contributed by atoms with van der Waals surface area (Å²) in [6.45, 7) is 7.84. The second kappa shape index (κ2) is 8.80. The van der Waals surface area contributed by atoms with Crippen LogP contribution in [-0.2, 0) is 6.61 Å². The second-order valence-electron chi connectivity index (χ2n) is 9.65. The summed E-state index contributed by atoms with van der Waals surface area (Å²) in [6, 6.07) is 8.85. The van der Waals surface area contributed by atoms with Gasteiger partial charge in [0.05, 0.1) is 15.7 Å². The van der Waals surface area contributed by atoms with Crippen LogP contribution in [0.3, 0.4) is 0 Å². The van der Waals surface area contributed by atoms with Crippen LogP contribution in [0.4, 0.5) is 0 Å². The van der Waals surface area contributed by atoms with E-state index in [0.717, 1.165) is 25.8 Å². The van der Waals surface area contributed by atoms with Gasteiger partial charge in [-0.15, -0.1) is 0 Å². The van der Waals surface area contributed by atoms with Gasteiger partial charge in [0, 0.05) is 17.6 Å². The van der Waals surface area contributed by atoms with Crippen molar-refractivity contribution in [3.63, 3.8) is 0 Å². The van der Waals surface area contributed by atoms with Crippen LogP contribution >= 0.6 is 34.8 Å². The minimum atomic E-state index is -0.00849. The number of amides is 1. The summed E-state index contributed by atoms with van der Waals surface area (Å²) < 4.78 is 5.77. The molecule has 1 aromatic heterocycles. The number of benzene rings is 1. The molecule has 4 rings (SSSR count). The summed E-state index contributed by atoms with van der Waals surface area (Å²) >= 11 is 18.3. The first-order valence-corrected chi connectivity index (χ1v) is 11.2. The predicted molar refractivity (Wildman–Crippen MR) is 127 cm³/mol. The lowest BCUT2D eigenvalue weighted by Crippen LogP contribution is -2.38. The standard InChI is InChI=1S/C23H25Cl3N2O2.CH4/c1-22(2)9-16-10-23(3,12-22)13-28(16)21(29)19-6-4-5-15(27-19)11-30-20-17(25)7-14(24)8-18(20)26;/h4-8,16H,9-13H2,1-3H3;1H4/t16-,23-;/m1./s1. The van der Waals surface area contributed by atoms with Gasteiger partial charge in [0.2, 0.25) is 0 Å². The number of hydrogen-bond acceptors (Lipinski definition) is 3. The van der Waals surface area contributed by atoms with Gasteiger partial charge in [-0.05, 0) is 54.4 Å². The van der Waals surface area contributed by atoms with Crippen molar-refractivity contribution < 1.29 is 9.53 Å². The molecule has 2 aliphatic rings. The molecular formula is C24H29Cl3N2O2. The molecule has 168 valence electrons. The van der Waals surface area contributed by atoms with Gasteiger partial charge in [0.15, 0.2) is 5.75 Å². The third-order valence-corrected chi connectivity index (χ3v) is 6.81. The largest absolute Gasteiger partial charge is 0.484 e. The normalized spacial score (nSPS) is 23.9. The number of hydrogen-bond donors (Lipinski definition) is 0. The zero-order valence-corrected chi connectivity index (χ0v) is 19.6. The van der Waals surface area contributed by atoms with Gasteiger partial charge >= 0.3 is 0 Å². The van der Waals surface area contributed by atoms with Gasteiger partial charge in [-0.25, -0.2) is 4.98 Å². The quantitative estimate of drug-likeness (QED) is 0.458. The van der Waals surface area contributed by atoms with E-state index in [1.54, 1.807) is 18.2 Å². The molecule has 31 heavy (non-hydrogen) atoms. The Morgan fingerprint density at radius 3 is 2.52 bits per heavy atom. The third kappa shape index (κ3) is 5.13. The highest BCUT2D eigenvalue weighted by atomic mass is 35.5. The third-order valence-electron chi connectivity index (χ3n) is 6.03. The summed E-state index contributed by atoms with van der Waals surface area (Å²) in [7, 11) is 0. The highest BCUT2D eigenvalue weighted by Crippen LogP contribution is 2.52. The number of fused-ring (bicyclic) bond motifs is 2. The number of pyridine rings is 1. The zero-order chi connectivity index (χ0) is 21.7. The van der Waals surface area contributed by atoms with E-state index >= 15 is 0 Å². The molecule has 0 unspecified atom stereocenters. The average Bonchev–Trinajstić information content (AvgIpc) is 2.89. The van der Waals surface area contributed by atoms with Crippen LogP contribution in [0.1, 0.15) is 63.6 Å². The van der Waals surface area contributed by atoms with Crippen molar-refractivity contribution in [2.45, 2.75) is 60.1 Å². The molecule has 2 atom stereocenters. The van der Waals surface area contributed by atoms with Crippen molar-refractivity contribution >= 4 is 40.7 Å². The molecule has 2 heterocycles. The monoisotopic (exact) mass is 482 g/mol. The van der Waals surface area contributed by atoms with E-state index in [1.807, 2.05) is 17.0 Å². The van der Waals surface area contributed by atoms with Gasteiger partial charge in [-0.3, -0.25) is 4.79 Å². The molecule has 7 heteroatoms. The number of halogens is 3. The smallest absolute Gasteiger partial charge is 0.272 e. The van der Waals surface area contributed by atoms with E-state index in [-0.39, 0.29) is 36.8 Å². The van der Waals surface area contributed by atoms with Crippen LogP contribution in [0.25, 0.3) is 0 Å². The minimum Gasteiger partial charge on any atom is -0.484 e. The maximum Gasteiger partial charge on any atom is 0.272 e. The Hall–Kier alpha value is -1.49. The van der Waals surface area contributed by atoms with E-state index in [4.69, 9.17) is 39.5 Å². The summed E-state index contributed by atoms with van der Waals surface area (Å²) in [5, 5.41) is 1.11. The van der Waals surface area contributed by atoms with E-state index in [1.165, 1.54) is 0 Å². The highest BCUT2D eigenvalue weighted by molar-refractivity contribution is 6.40.